The van der Waals surface area contributed by atoms with E-state index >= 15 is 0 Å². The maximum absolute atomic E-state index is 13.3. The number of benzene rings is 3. The number of rotatable bonds is 13. The molecule has 194 valence electrons. The van der Waals surface area contributed by atoms with Gasteiger partial charge in [0.2, 0.25) is 5.16 Å². The number of thioether (sulfide) groups is 1. The van der Waals surface area contributed by atoms with Crippen molar-refractivity contribution in [3.8, 4) is 17.2 Å². The van der Waals surface area contributed by atoms with Gasteiger partial charge in [-0.05, 0) is 88.2 Å². The molecular formula is C26H26BrClFN5O2S. The summed E-state index contributed by atoms with van der Waals surface area (Å²) < 4.78 is 27.7. The number of tetrazole rings is 1. The number of halogens is 3. The van der Waals surface area contributed by atoms with Crippen LogP contribution in [0.2, 0.25) is 5.02 Å². The lowest BCUT2D eigenvalue weighted by molar-refractivity contribution is 0.267. The average Bonchev–Trinajstić information content (AvgIpc) is 3.36. The summed E-state index contributed by atoms with van der Waals surface area (Å²) in [6.45, 7) is 4.13. The Labute approximate surface area is 232 Å². The van der Waals surface area contributed by atoms with Crippen LogP contribution in [0.3, 0.4) is 0 Å². The highest BCUT2D eigenvalue weighted by molar-refractivity contribution is 9.10. The van der Waals surface area contributed by atoms with Gasteiger partial charge >= 0.3 is 0 Å². The fourth-order valence-corrected chi connectivity index (χ4v) is 5.16. The summed E-state index contributed by atoms with van der Waals surface area (Å²) in [4.78, 5) is 0. The molecule has 0 bridgehead atoms. The van der Waals surface area contributed by atoms with Gasteiger partial charge in [0.1, 0.15) is 12.4 Å². The molecule has 0 aliphatic heterocycles. The van der Waals surface area contributed by atoms with Gasteiger partial charge in [-0.25, -0.2) is 4.39 Å². The summed E-state index contributed by atoms with van der Waals surface area (Å²) >= 11 is 11.4. The minimum atomic E-state index is -0.382. The Morgan fingerprint density at radius 1 is 1.11 bits per heavy atom. The van der Waals surface area contributed by atoms with Crippen LogP contribution in [0, 0.1) is 5.82 Å². The molecule has 1 N–H and O–H groups in total. The highest BCUT2D eigenvalue weighted by atomic mass is 79.9. The normalized spacial score (nSPS) is 11.0. The third kappa shape index (κ3) is 7.67. The van der Waals surface area contributed by atoms with Crippen molar-refractivity contribution < 1.29 is 13.9 Å². The van der Waals surface area contributed by atoms with Crippen molar-refractivity contribution in [2.45, 2.75) is 31.7 Å². The Balaban J connectivity index is 1.27. The molecule has 0 unspecified atom stereocenters. The second-order valence-electron chi connectivity index (χ2n) is 7.95. The second-order valence-corrected chi connectivity index (χ2v) is 10.3. The predicted molar refractivity (Wildman–Crippen MR) is 147 cm³/mol. The van der Waals surface area contributed by atoms with Crippen LogP contribution in [0.15, 0.2) is 70.3 Å². The van der Waals surface area contributed by atoms with Crippen LogP contribution in [-0.2, 0) is 13.2 Å². The fourth-order valence-electron chi connectivity index (χ4n) is 3.51. The molecule has 0 fully saturated rings. The third-order valence-corrected chi connectivity index (χ3v) is 7.20. The third-order valence-electron chi connectivity index (χ3n) is 5.26. The summed E-state index contributed by atoms with van der Waals surface area (Å²) in [7, 11) is 0. The van der Waals surface area contributed by atoms with Crippen LogP contribution in [0.1, 0.15) is 24.5 Å². The van der Waals surface area contributed by atoms with Crippen molar-refractivity contribution in [1.29, 1.82) is 0 Å². The molecule has 11 heteroatoms. The molecule has 0 spiro atoms. The first-order chi connectivity index (χ1) is 18.0. The number of hydrogen-bond donors (Lipinski definition) is 1. The first-order valence-corrected chi connectivity index (χ1v) is 13.9. The van der Waals surface area contributed by atoms with Crippen molar-refractivity contribution in [1.82, 2.24) is 25.5 Å². The Hall–Kier alpha value is -2.66. The maximum Gasteiger partial charge on any atom is 0.214 e. The Morgan fingerprint density at radius 2 is 1.95 bits per heavy atom. The van der Waals surface area contributed by atoms with Crippen LogP contribution in [0.25, 0.3) is 5.69 Å². The molecule has 0 saturated carbocycles. The molecule has 4 aromatic rings. The fraction of sp³-hybridized carbons (Fsp3) is 0.269. The number of para-hydroxylation sites is 1. The first-order valence-electron chi connectivity index (χ1n) is 11.7. The number of hydrogen-bond acceptors (Lipinski definition) is 7. The molecule has 0 aliphatic rings. The molecule has 0 saturated heterocycles. The molecule has 0 aliphatic carbocycles. The number of nitrogens with one attached hydrogen (secondary N) is 1. The van der Waals surface area contributed by atoms with E-state index in [4.69, 9.17) is 21.1 Å². The number of ether oxygens (including phenoxy) is 2. The minimum absolute atomic E-state index is 0.195. The van der Waals surface area contributed by atoms with E-state index in [1.165, 1.54) is 12.1 Å². The van der Waals surface area contributed by atoms with Crippen molar-refractivity contribution >= 4 is 39.3 Å². The second kappa shape index (κ2) is 13.8. The molecule has 1 aromatic heterocycles. The summed E-state index contributed by atoms with van der Waals surface area (Å²) in [6.07, 6.45) is 0.950. The zero-order valence-electron chi connectivity index (χ0n) is 20.2. The smallest absolute Gasteiger partial charge is 0.214 e. The van der Waals surface area contributed by atoms with Crippen molar-refractivity contribution in [3.63, 3.8) is 0 Å². The van der Waals surface area contributed by atoms with E-state index in [9.17, 15) is 4.39 Å². The van der Waals surface area contributed by atoms with E-state index in [0.29, 0.717) is 35.2 Å². The predicted octanol–water partition coefficient (Wildman–Crippen LogP) is 6.47. The zero-order chi connectivity index (χ0) is 26.0. The molecule has 0 amide bonds. The van der Waals surface area contributed by atoms with Crippen molar-refractivity contribution in [2.75, 3.05) is 18.9 Å². The van der Waals surface area contributed by atoms with Gasteiger partial charge in [-0.15, -0.1) is 5.10 Å². The van der Waals surface area contributed by atoms with Gasteiger partial charge in [-0.3, -0.25) is 0 Å². The topological polar surface area (TPSA) is 74.1 Å². The largest absolute Gasteiger partial charge is 0.490 e. The molecular weight excluding hydrogens is 581 g/mol. The summed E-state index contributed by atoms with van der Waals surface area (Å²) in [5.41, 5.74) is 2.69. The lowest BCUT2D eigenvalue weighted by Gasteiger charge is -2.16. The van der Waals surface area contributed by atoms with E-state index in [1.54, 1.807) is 22.5 Å². The molecule has 0 radical (unpaired) electrons. The van der Waals surface area contributed by atoms with Crippen molar-refractivity contribution in [2.24, 2.45) is 0 Å². The first kappa shape index (κ1) is 27.4. The van der Waals surface area contributed by atoms with E-state index < -0.39 is 0 Å². The highest BCUT2D eigenvalue weighted by Gasteiger charge is 2.14. The van der Waals surface area contributed by atoms with E-state index in [2.05, 4.69) is 36.8 Å². The quantitative estimate of drug-likeness (QED) is 0.138. The Morgan fingerprint density at radius 3 is 2.73 bits per heavy atom. The number of aromatic nitrogens is 4. The molecule has 4 rings (SSSR count). The standard InChI is InChI=1S/C26H26BrClFN5O2S/c1-2-35-24-14-18(13-22(27)25(24)36-17-19-9-10-20(29)15-23(19)28)16-30-11-6-12-37-26-31-32-33-34(26)21-7-4-3-5-8-21/h3-5,7-10,13-15,30H,2,6,11-12,16-17H2,1H3. The maximum atomic E-state index is 13.3. The molecule has 37 heavy (non-hydrogen) atoms. The van der Waals surface area contributed by atoms with Crippen LogP contribution >= 0.6 is 39.3 Å². The zero-order valence-corrected chi connectivity index (χ0v) is 23.3. The lowest BCUT2D eigenvalue weighted by atomic mass is 10.2. The van der Waals surface area contributed by atoms with Gasteiger partial charge in [-0.2, -0.15) is 4.68 Å². The highest BCUT2D eigenvalue weighted by Crippen LogP contribution is 2.38. The van der Waals surface area contributed by atoms with Gasteiger partial charge in [0.25, 0.3) is 0 Å². The van der Waals surface area contributed by atoms with Gasteiger partial charge in [0.05, 0.1) is 21.8 Å². The molecule has 0 atom stereocenters. The van der Waals surface area contributed by atoms with Gasteiger partial charge < -0.3 is 14.8 Å². The van der Waals surface area contributed by atoms with Crippen LogP contribution in [-0.4, -0.2) is 39.1 Å². The van der Waals surface area contributed by atoms with Gasteiger partial charge in [0.15, 0.2) is 11.5 Å². The monoisotopic (exact) mass is 605 g/mol. The summed E-state index contributed by atoms with van der Waals surface area (Å²) in [5.74, 6) is 1.72. The minimum Gasteiger partial charge on any atom is -0.490 e. The SMILES string of the molecule is CCOc1cc(CNCCCSc2nnnn2-c2ccccc2)cc(Br)c1OCc1ccc(F)cc1Cl. The van der Waals surface area contributed by atoms with Gasteiger partial charge in [0, 0.05) is 17.9 Å². The molecule has 7 nitrogen and oxygen atoms in total. The van der Waals surface area contributed by atoms with Gasteiger partial charge in [-0.1, -0.05) is 47.6 Å². The average molecular weight is 607 g/mol. The Kier molecular flexibility index (Phi) is 10.2. The van der Waals surface area contributed by atoms with Crippen molar-refractivity contribution in [3.05, 3.63) is 87.1 Å². The Bertz CT molecular complexity index is 1310. The van der Waals surface area contributed by atoms with Crippen LogP contribution in [0.4, 0.5) is 4.39 Å². The van der Waals surface area contributed by atoms with E-state index in [-0.39, 0.29) is 12.4 Å². The molecule has 3 aromatic carbocycles. The lowest BCUT2D eigenvalue weighted by Crippen LogP contribution is -2.15. The van der Waals surface area contributed by atoms with Crippen LogP contribution < -0.4 is 14.8 Å². The van der Waals surface area contributed by atoms with E-state index in [1.807, 2.05) is 49.4 Å². The number of nitrogens with zero attached hydrogens (tertiary/aromatic N) is 4. The summed E-state index contributed by atoms with van der Waals surface area (Å²) in [5, 5.41) is 16.6. The van der Waals surface area contributed by atoms with Crippen LogP contribution in [0.5, 0.6) is 11.5 Å². The van der Waals surface area contributed by atoms with E-state index in [0.717, 1.165) is 39.6 Å². The summed E-state index contributed by atoms with van der Waals surface area (Å²) in [6, 6.07) is 18.1. The molecule has 1 heterocycles.